The summed E-state index contributed by atoms with van der Waals surface area (Å²) in [6.45, 7) is 1.99. The molecule has 0 saturated heterocycles. The highest BCUT2D eigenvalue weighted by Crippen LogP contribution is 2.22. The first kappa shape index (κ1) is 20.4. The molecule has 1 saturated carbocycles. The zero-order chi connectivity index (χ0) is 20.1. The molecule has 0 heterocycles. The lowest BCUT2D eigenvalue weighted by molar-refractivity contribution is -0.119. The average molecular weight is 420 g/mol. The Bertz CT molecular complexity index is 954. The molecule has 0 atom stereocenters. The Balaban J connectivity index is 1.47. The van der Waals surface area contributed by atoms with Crippen molar-refractivity contribution in [3.63, 3.8) is 0 Å². The Kier molecular flexibility index (Phi) is 6.38. The fraction of sp³-hybridized carbons (Fsp3) is 0.263. The van der Waals surface area contributed by atoms with Crippen LogP contribution in [-0.2, 0) is 14.8 Å². The Labute approximate surface area is 168 Å². The minimum atomic E-state index is -3.56. The molecule has 0 bridgehead atoms. The third-order valence-corrected chi connectivity index (χ3v) is 6.58. The SMILES string of the molecule is Cc1ccc(SCC(=O)NNC(=O)c2ccc(S(=O)(=O)NC3CC3)cc2)cc1. The second kappa shape index (κ2) is 8.76. The number of nitrogens with one attached hydrogen (secondary N) is 3. The summed E-state index contributed by atoms with van der Waals surface area (Å²) in [5.41, 5.74) is 6.07. The standard InChI is InChI=1S/C19H21N3O4S2/c1-13-2-8-16(9-3-13)27-12-18(23)20-21-19(24)14-4-10-17(11-5-14)28(25,26)22-15-6-7-15/h2-5,8-11,15,22H,6-7,12H2,1H3,(H,20,23)(H,21,24). The number of carbonyl (C=O) groups is 2. The molecular weight excluding hydrogens is 398 g/mol. The van der Waals surface area contributed by atoms with Crippen LogP contribution in [0.3, 0.4) is 0 Å². The van der Waals surface area contributed by atoms with Gasteiger partial charge in [0.15, 0.2) is 0 Å². The van der Waals surface area contributed by atoms with Crippen LogP contribution >= 0.6 is 11.8 Å². The molecule has 148 valence electrons. The van der Waals surface area contributed by atoms with Crippen molar-refractivity contribution in [1.29, 1.82) is 0 Å². The molecule has 2 amide bonds. The summed E-state index contributed by atoms with van der Waals surface area (Å²) in [7, 11) is -3.56. The number of benzene rings is 2. The van der Waals surface area contributed by atoms with E-state index < -0.39 is 15.9 Å². The Morgan fingerprint density at radius 2 is 1.64 bits per heavy atom. The summed E-state index contributed by atoms with van der Waals surface area (Å²) in [5.74, 6) is -0.701. The van der Waals surface area contributed by atoms with Gasteiger partial charge >= 0.3 is 0 Å². The van der Waals surface area contributed by atoms with Crippen molar-refractivity contribution in [3.8, 4) is 0 Å². The lowest BCUT2D eigenvalue weighted by Gasteiger charge is -2.09. The number of thioether (sulfide) groups is 1. The van der Waals surface area contributed by atoms with Crippen LogP contribution in [0.25, 0.3) is 0 Å². The predicted octanol–water partition coefficient (Wildman–Crippen LogP) is 1.99. The van der Waals surface area contributed by atoms with Crippen molar-refractivity contribution in [3.05, 3.63) is 59.7 Å². The maximum absolute atomic E-state index is 12.1. The van der Waals surface area contributed by atoms with E-state index in [-0.39, 0.29) is 28.2 Å². The first-order valence-corrected chi connectivity index (χ1v) is 11.2. The lowest BCUT2D eigenvalue weighted by atomic mass is 10.2. The van der Waals surface area contributed by atoms with E-state index in [4.69, 9.17) is 0 Å². The normalized spacial score (nSPS) is 13.8. The van der Waals surface area contributed by atoms with Crippen molar-refractivity contribution < 1.29 is 18.0 Å². The van der Waals surface area contributed by atoms with Crippen LogP contribution < -0.4 is 15.6 Å². The second-order valence-electron chi connectivity index (χ2n) is 6.52. The van der Waals surface area contributed by atoms with Gasteiger partial charge in [-0.25, -0.2) is 13.1 Å². The molecule has 28 heavy (non-hydrogen) atoms. The minimum absolute atomic E-state index is 0.0148. The van der Waals surface area contributed by atoms with Gasteiger partial charge in [0.05, 0.1) is 10.6 Å². The van der Waals surface area contributed by atoms with E-state index in [0.29, 0.717) is 0 Å². The summed E-state index contributed by atoms with van der Waals surface area (Å²) in [6, 6.07) is 13.4. The molecule has 1 aliphatic rings. The van der Waals surface area contributed by atoms with Crippen molar-refractivity contribution >= 4 is 33.6 Å². The van der Waals surface area contributed by atoms with E-state index in [1.807, 2.05) is 31.2 Å². The zero-order valence-corrected chi connectivity index (χ0v) is 16.9. The Morgan fingerprint density at radius 1 is 1.00 bits per heavy atom. The van der Waals surface area contributed by atoms with Gasteiger partial charge in [-0.1, -0.05) is 17.7 Å². The van der Waals surface area contributed by atoms with Gasteiger partial charge < -0.3 is 0 Å². The lowest BCUT2D eigenvalue weighted by Crippen LogP contribution is -2.42. The number of hydrogen-bond donors (Lipinski definition) is 3. The molecule has 2 aromatic carbocycles. The molecule has 0 radical (unpaired) electrons. The highest BCUT2D eigenvalue weighted by molar-refractivity contribution is 8.00. The van der Waals surface area contributed by atoms with E-state index in [1.54, 1.807) is 0 Å². The third-order valence-electron chi connectivity index (χ3n) is 4.03. The molecule has 0 aliphatic heterocycles. The summed E-state index contributed by atoms with van der Waals surface area (Å²) in [6.07, 6.45) is 1.70. The van der Waals surface area contributed by atoms with E-state index in [2.05, 4.69) is 15.6 Å². The van der Waals surface area contributed by atoms with Crippen LogP contribution in [0.15, 0.2) is 58.3 Å². The van der Waals surface area contributed by atoms with Gasteiger partial charge in [-0.2, -0.15) is 0 Å². The van der Waals surface area contributed by atoms with E-state index in [1.165, 1.54) is 36.0 Å². The van der Waals surface area contributed by atoms with Gasteiger partial charge in [0.25, 0.3) is 5.91 Å². The van der Waals surface area contributed by atoms with Gasteiger partial charge in [-0.05, 0) is 56.2 Å². The molecule has 0 spiro atoms. The molecule has 1 aliphatic carbocycles. The van der Waals surface area contributed by atoms with Gasteiger partial charge in [0.1, 0.15) is 0 Å². The Hall–Kier alpha value is -2.36. The largest absolute Gasteiger partial charge is 0.272 e. The molecule has 0 aromatic heterocycles. The quantitative estimate of drug-likeness (QED) is 0.470. The number of hydrogen-bond acceptors (Lipinski definition) is 5. The van der Waals surface area contributed by atoms with Crippen LogP contribution in [-0.4, -0.2) is 32.0 Å². The van der Waals surface area contributed by atoms with Crippen LogP contribution in [0.5, 0.6) is 0 Å². The Morgan fingerprint density at radius 3 is 2.25 bits per heavy atom. The first-order chi connectivity index (χ1) is 13.3. The summed E-state index contributed by atoms with van der Waals surface area (Å²) in [4.78, 5) is 25.1. The van der Waals surface area contributed by atoms with Crippen molar-refractivity contribution in [2.45, 2.75) is 35.6 Å². The summed E-state index contributed by atoms with van der Waals surface area (Å²) >= 11 is 1.36. The van der Waals surface area contributed by atoms with Gasteiger partial charge in [-0.15, -0.1) is 11.8 Å². The molecular formula is C19H21N3O4S2. The molecule has 7 nitrogen and oxygen atoms in total. The number of aryl methyl sites for hydroxylation is 1. The highest BCUT2D eigenvalue weighted by atomic mass is 32.2. The number of sulfonamides is 1. The summed E-state index contributed by atoms with van der Waals surface area (Å²) < 4.78 is 26.8. The second-order valence-corrected chi connectivity index (χ2v) is 9.29. The predicted molar refractivity (Wildman–Crippen MR) is 107 cm³/mol. The number of rotatable bonds is 7. The highest BCUT2D eigenvalue weighted by Gasteiger charge is 2.27. The van der Waals surface area contributed by atoms with E-state index >= 15 is 0 Å². The van der Waals surface area contributed by atoms with Crippen molar-refractivity contribution in [2.75, 3.05) is 5.75 Å². The molecule has 3 rings (SSSR count). The topological polar surface area (TPSA) is 104 Å². The fourth-order valence-electron chi connectivity index (χ4n) is 2.29. The van der Waals surface area contributed by atoms with Crippen LogP contribution in [0.4, 0.5) is 0 Å². The maximum atomic E-state index is 12.1. The van der Waals surface area contributed by atoms with E-state index in [9.17, 15) is 18.0 Å². The molecule has 9 heteroatoms. The zero-order valence-electron chi connectivity index (χ0n) is 15.3. The van der Waals surface area contributed by atoms with Crippen molar-refractivity contribution in [2.24, 2.45) is 0 Å². The van der Waals surface area contributed by atoms with Crippen LogP contribution in [0, 0.1) is 6.92 Å². The van der Waals surface area contributed by atoms with Gasteiger partial charge in [-0.3, -0.25) is 20.4 Å². The van der Waals surface area contributed by atoms with Crippen LogP contribution in [0.1, 0.15) is 28.8 Å². The van der Waals surface area contributed by atoms with E-state index in [0.717, 1.165) is 23.3 Å². The molecule has 3 N–H and O–H groups in total. The first-order valence-electron chi connectivity index (χ1n) is 8.74. The molecule has 2 aromatic rings. The maximum Gasteiger partial charge on any atom is 0.269 e. The third kappa shape index (κ3) is 5.82. The fourth-order valence-corrected chi connectivity index (χ4v) is 4.30. The molecule has 1 fully saturated rings. The average Bonchev–Trinajstić information content (AvgIpc) is 3.49. The number of hydrazine groups is 1. The van der Waals surface area contributed by atoms with Crippen molar-refractivity contribution in [1.82, 2.24) is 15.6 Å². The molecule has 0 unspecified atom stereocenters. The van der Waals surface area contributed by atoms with Gasteiger partial charge in [0, 0.05) is 16.5 Å². The van der Waals surface area contributed by atoms with Crippen LogP contribution in [0.2, 0.25) is 0 Å². The number of amides is 2. The smallest absolute Gasteiger partial charge is 0.269 e. The summed E-state index contributed by atoms with van der Waals surface area (Å²) in [5, 5.41) is 0. The number of carbonyl (C=O) groups excluding carboxylic acids is 2. The monoisotopic (exact) mass is 419 g/mol. The minimum Gasteiger partial charge on any atom is -0.272 e. The van der Waals surface area contributed by atoms with Gasteiger partial charge in [0.2, 0.25) is 15.9 Å².